The highest BCUT2D eigenvalue weighted by atomic mass is 16.3. The number of phenolic OH excluding ortho intramolecular Hbond substituents is 1. The van der Waals surface area contributed by atoms with Gasteiger partial charge in [0.2, 0.25) is 0 Å². The van der Waals surface area contributed by atoms with E-state index < -0.39 is 0 Å². The van der Waals surface area contributed by atoms with Crippen molar-refractivity contribution in [2.24, 2.45) is 5.10 Å². The minimum Gasteiger partial charge on any atom is -0.507 e. The first kappa shape index (κ1) is 18.2. The largest absolute Gasteiger partial charge is 0.507 e. The van der Waals surface area contributed by atoms with Gasteiger partial charge in [-0.05, 0) is 31.4 Å². The van der Waals surface area contributed by atoms with Gasteiger partial charge in [0, 0.05) is 6.21 Å². The molecule has 0 aliphatic carbocycles. The van der Waals surface area contributed by atoms with E-state index in [9.17, 15) is 9.90 Å². The summed E-state index contributed by atoms with van der Waals surface area (Å²) in [4.78, 5) is 11.9. The minimum atomic E-state index is -0.378. The second-order valence-corrected chi connectivity index (χ2v) is 5.63. The fourth-order valence-electron chi connectivity index (χ4n) is 2.26. The van der Waals surface area contributed by atoms with Gasteiger partial charge in [0.15, 0.2) is 0 Å². The molecule has 1 aromatic rings. The van der Waals surface area contributed by atoms with Gasteiger partial charge in [0.1, 0.15) is 5.75 Å². The number of para-hydroxylation sites is 1. The molecule has 0 aliphatic rings. The van der Waals surface area contributed by atoms with Crippen LogP contribution in [0.5, 0.6) is 5.75 Å². The third-order valence-corrected chi connectivity index (χ3v) is 3.68. The fraction of sp³-hybridized carbons (Fsp3) is 0.556. The Morgan fingerprint density at radius 3 is 2.59 bits per heavy atom. The van der Waals surface area contributed by atoms with E-state index in [0.29, 0.717) is 5.56 Å². The van der Waals surface area contributed by atoms with Crippen molar-refractivity contribution < 1.29 is 9.90 Å². The van der Waals surface area contributed by atoms with Crippen molar-refractivity contribution in [1.82, 2.24) is 5.43 Å². The molecular weight excluding hydrogens is 276 g/mol. The zero-order chi connectivity index (χ0) is 16.2. The number of aromatic hydroxyl groups is 1. The number of nitrogens with one attached hydrogen (secondary N) is 1. The molecule has 0 aliphatic heterocycles. The van der Waals surface area contributed by atoms with E-state index in [4.69, 9.17) is 0 Å². The Hall–Kier alpha value is -1.84. The number of hydrogen-bond acceptors (Lipinski definition) is 3. The number of amides is 1. The lowest BCUT2D eigenvalue weighted by Crippen LogP contribution is -2.17. The van der Waals surface area contributed by atoms with Gasteiger partial charge in [0.25, 0.3) is 5.91 Å². The topological polar surface area (TPSA) is 61.7 Å². The van der Waals surface area contributed by atoms with Crippen molar-refractivity contribution in [3.8, 4) is 5.75 Å². The number of hydrazone groups is 1. The van der Waals surface area contributed by atoms with Gasteiger partial charge in [-0.1, -0.05) is 57.6 Å². The molecule has 4 nitrogen and oxygen atoms in total. The predicted molar refractivity (Wildman–Crippen MR) is 91.4 cm³/mol. The first-order chi connectivity index (χ1) is 10.7. The van der Waals surface area contributed by atoms with E-state index in [2.05, 4.69) is 17.5 Å². The van der Waals surface area contributed by atoms with Gasteiger partial charge in [-0.2, -0.15) is 5.10 Å². The summed E-state index contributed by atoms with van der Waals surface area (Å²) >= 11 is 0. The van der Waals surface area contributed by atoms with Crippen molar-refractivity contribution in [2.45, 2.75) is 65.2 Å². The minimum absolute atomic E-state index is 0.0160. The Balaban J connectivity index is 2.17. The van der Waals surface area contributed by atoms with Crippen LogP contribution in [0.2, 0.25) is 0 Å². The number of unbranched alkanes of at least 4 members (excludes halogenated alkanes) is 7. The number of aryl methyl sites for hydroxylation is 1. The average Bonchev–Trinajstić information content (AvgIpc) is 2.51. The molecule has 0 fully saturated rings. The summed E-state index contributed by atoms with van der Waals surface area (Å²) < 4.78 is 0. The average molecular weight is 304 g/mol. The zero-order valence-electron chi connectivity index (χ0n) is 13.8. The number of hydrogen-bond donors (Lipinski definition) is 2. The molecule has 0 unspecified atom stereocenters. The quantitative estimate of drug-likeness (QED) is 0.378. The van der Waals surface area contributed by atoms with Gasteiger partial charge in [-0.25, -0.2) is 5.43 Å². The van der Waals surface area contributed by atoms with Crippen LogP contribution in [0, 0.1) is 6.92 Å². The second kappa shape index (κ2) is 10.8. The van der Waals surface area contributed by atoms with Crippen LogP contribution in [0.25, 0.3) is 0 Å². The van der Waals surface area contributed by atoms with Crippen molar-refractivity contribution >= 4 is 12.1 Å². The third-order valence-electron chi connectivity index (χ3n) is 3.68. The summed E-state index contributed by atoms with van der Waals surface area (Å²) in [6, 6.07) is 5.09. The Morgan fingerprint density at radius 2 is 1.86 bits per heavy atom. The molecule has 0 atom stereocenters. The monoisotopic (exact) mass is 304 g/mol. The van der Waals surface area contributed by atoms with Crippen molar-refractivity contribution in [3.63, 3.8) is 0 Å². The van der Waals surface area contributed by atoms with Crippen molar-refractivity contribution in [1.29, 1.82) is 0 Å². The summed E-state index contributed by atoms with van der Waals surface area (Å²) in [5.74, 6) is -0.362. The molecule has 0 saturated heterocycles. The first-order valence-electron chi connectivity index (χ1n) is 8.27. The lowest BCUT2D eigenvalue weighted by molar-refractivity contribution is 0.0952. The normalized spacial score (nSPS) is 11.0. The standard InChI is InChI=1S/C18H28N2O2/c1-3-4-5-6-7-8-9-10-14-19-20-18(22)16-13-11-12-15(2)17(16)21/h11-14,21H,3-10H2,1-2H3,(H,20,22)/b19-14+. The summed E-state index contributed by atoms with van der Waals surface area (Å²) in [5.41, 5.74) is 3.39. The number of nitrogens with zero attached hydrogens (tertiary/aromatic N) is 1. The van der Waals surface area contributed by atoms with E-state index in [0.717, 1.165) is 12.8 Å². The van der Waals surface area contributed by atoms with Gasteiger partial charge in [0.05, 0.1) is 5.56 Å². The summed E-state index contributed by atoms with van der Waals surface area (Å²) in [5, 5.41) is 13.7. The Bertz CT molecular complexity index is 484. The summed E-state index contributed by atoms with van der Waals surface area (Å²) in [6.07, 6.45) is 11.4. The Morgan fingerprint density at radius 1 is 1.18 bits per heavy atom. The van der Waals surface area contributed by atoms with Gasteiger partial charge >= 0.3 is 0 Å². The van der Waals surface area contributed by atoms with Gasteiger partial charge in [-0.15, -0.1) is 0 Å². The van der Waals surface area contributed by atoms with Crippen LogP contribution in [-0.4, -0.2) is 17.2 Å². The van der Waals surface area contributed by atoms with E-state index in [1.54, 1.807) is 31.3 Å². The maximum atomic E-state index is 11.9. The maximum absolute atomic E-state index is 11.9. The molecule has 122 valence electrons. The lowest BCUT2D eigenvalue weighted by Gasteiger charge is -2.05. The molecule has 1 rings (SSSR count). The van der Waals surface area contributed by atoms with Crippen molar-refractivity contribution in [2.75, 3.05) is 0 Å². The summed E-state index contributed by atoms with van der Waals surface area (Å²) in [6.45, 7) is 3.98. The first-order valence-corrected chi connectivity index (χ1v) is 8.27. The molecule has 0 spiro atoms. The smallest absolute Gasteiger partial charge is 0.275 e. The Kier molecular flexibility index (Phi) is 8.96. The van der Waals surface area contributed by atoms with Crippen LogP contribution < -0.4 is 5.43 Å². The lowest BCUT2D eigenvalue weighted by atomic mass is 10.1. The van der Waals surface area contributed by atoms with Crippen LogP contribution in [0.15, 0.2) is 23.3 Å². The van der Waals surface area contributed by atoms with Gasteiger partial charge in [-0.3, -0.25) is 4.79 Å². The molecule has 1 amide bonds. The second-order valence-electron chi connectivity index (χ2n) is 5.63. The number of benzene rings is 1. The maximum Gasteiger partial charge on any atom is 0.275 e. The molecule has 2 N–H and O–H groups in total. The fourth-order valence-corrected chi connectivity index (χ4v) is 2.26. The highest BCUT2D eigenvalue weighted by Crippen LogP contribution is 2.20. The highest BCUT2D eigenvalue weighted by molar-refractivity contribution is 5.97. The molecule has 4 heteroatoms. The number of rotatable bonds is 10. The number of carbonyl (C=O) groups excluding carboxylic acids is 1. The molecule has 0 radical (unpaired) electrons. The van der Waals surface area contributed by atoms with Gasteiger partial charge < -0.3 is 5.11 Å². The molecule has 0 bridgehead atoms. The van der Waals surface area contributed by atoms with Crippen LogP contribution in [-0.2, 0) is 0 Å². The predicted octanol–water partition coefficient (Wildman–Crippen LogP) is 4.56. The molecule has 0 heterocycles. The van der Waals surface area contributed by atoms with Crippen LogP contribution in [0.3, 0.4) is 0 Å². The van der Waals surface area contributed by atoms with E-state index in [1.807, 2.05) is 0 Å². The van der Waals surface area contributed by atoms with Crippen molar-refractivity contribution in [3.05, 3.63) is 29.3 Å². The molecule has 0 saturated carbocycles. The molecule has 0 aromatic heterocycles. The van der Waals surface area contributed by atoms with Crippen LogP contribution >= 0.6 is 0 Å². The SMILES string of the molecule is CCCCCCCCC/C=N/NC(=O)c1cccc(C)c1O. The number of carbonyl (C=O) groups is 1. The Labute approximate surface area is 133 Å². The van der Waals surface area contributed by atoms with E-state index in [1.165, 1.54) is 38.5 Å². The third kappa shape index (κ3) is 6.74. The van der Waals surface area contributed by atoms with Crippen LogP contribution in [0.1, 0.15) is 74.2 Å². The van der Waals surface area contributed by atoms with E-state index in [-0.39, 0.29) is 17.2 Å². The highest BCUT2D eigenvalue weighted by Gasteiger charge is 2.11. The molecular formula is C18H28N2O2. The molecule has 1 aromatic carbocycles. The molecule has 22 heavy (non-hydrogen) atoms. The number of phenols is 1. The van der Waals surface area contributed by atoms with E-state index >= 15 is 0 Å². The summed E-state index contributed by atoms with van der Waals surface area (Å²) in [7, 11) is 0. The zero-order valence-corrected chi connectivity index (χ0v) is 13.8. The van der Waals surface area contributed by atoms with Crippen LogP contribution in [0.4, 0.5) is 0 Å².